The van der Waals surface area contributed by atoms with Crippen LogP contribution in [-0.4, -0.2) is 14.8 Å². The van der Waals surface area contributed by atoms with Crippen molar-refractivity contribution in [1.29, 1.82) is 0 Å². The van der Waals surface area contributed by atoms with E-state index in [0.717, 1.165) is 16.6 Å². The average Bonchev–Trinajstić information content (AvgIpc) is 2.50. The van der Waals surface area contributed by atoms with Crippen LogP contribution >= 0.6 is 31.9 Å². The molecule has 1 aromatic heterocycles. The Morgan fingerprint density at radius 1 is 1.20 bits per heavy atom. The van der Waals surface area contributed by atoms with Crippen molar-refractivity contribution < 1.29 is 0 Å². The van der Waals surface area contributed by atoms with Gasteiger partial charge in [-0.2, -0.15) is 4.98 Å². The van der Waals surface area contributed by atoms with Crippen LogP contribution in [0, 0.1) is 11.8 Å². The lowest BCUT2D eigenvalue weighted by molar-refractivity contribution is 0.198. The molecule has 3 unspecified atom stereocenters. The van der Waals surface area contributed by atoms with E-state index in [2.05, 4.69) is 55.8 Å². The summed E-state index contributed by atoms with van der Waals surface area (Å²) < 4.78 is 3.51. The van der Waals surface area contributed by atoms with Gasteiger partial charge in [-0.25, -0.2) is 4.68 Å². The molecule has 1 saturated carbocycles. The summed E-state index contributed by atoms with van der Waals surface area (Å²) in [5, 5.41) is 4.37. The SMILES string of the molecule is CC1CCC(n2nc(Br)nc2Br)CC1C. The van der Waals surface area contributed by atoms with E-state index in [1.165, 1.54) is 19.3 Å². The summed E-state index contributed by atoms with van der Waals surface area (Å²) in [6, 6.07) is 0.504. The van der Waals surface area contributed by atoms with Gasteiger partial charge in [0.25, 0.3) is 0 Å². The van der Waals surface area contributed by atoms with Gasteiger partial charge < -0.3 is 0 Å². The zero-order valence-corrected chi connectivity index (χ0v) is 12.1. The molecule has 1 fully saturated rings. The first kappa shape index (κ1) is 11.6. The highest BCUT2D eigenvalue weighted by Crippen LogP contribution is 2.37. The highest BCUT2D eigenvalue weighted by Gasteiger charge is 2.27. The molecule has 0 saturated heterocycles. The molecule has 84 valence electrons. The maximum Gasteiger partial charge on any atom is 0.218 e. The Labute approximate surface area is 107 Å². The molecule has 1 aromatic rings. The summed E-state index contributed by atoms with van der Waals surface area (Å²) in [6.07, 6.45) is 3.70. The largest absolute Gasteiger partial charge is 0.236 e. The van der Waals surface area contributed by atoms with Crippen LogP contribution in [0.25, 0.3) is 0 Å². The molecule has 3 atom stereocenters. The lowest BCUT2D eigenvalue weighted by atomic mass is 9.79. The van der Waals surface area contributed by atoms with Crippen molar-refractivity contribution in [2.75, 3.05) is 0 Å². The molecule has 0 radical (unpaired) electrons. The predicted molar refractivity (Wildman–Crippen MR) is 66.6 cm³/mol. The fourth-order valence-electron chi connectivity index (χ4n) is 2.25. The summed E-state index contributed by atoms with van der Waals surface area (Å²) in [6.45, 7) is 4.67. The molecule has 0 aliphatic heterocycles. The molecule has 3 nitrogen and oxygen atoms in total. The van der Waals surface area contributed by atoms with Crippen LogP contribution in [0.4, 0.5) is 0 Å². The molecular weight excluding hydrogens is 322 g/mol. The van der Waals surface area contributed by atoms with E-state index in [0.29, 0.717) is 10.8 Å². The summed E-state index contributed by atoms with van der Waals surface area (Å²) in [5.74, 6) is 1.62. The van der Waals surface area contributed by atoms with Crippen LogP contribution in [0.2, 0.25) is 0 Å². The quantitative estimate of drug-likeness (QED) is 0.780. The van der Waals surface area contributed by atoms with Crippen molar-refractivity contribution in [2.24, 2.45) is 11.8 Å². The topological polar surface area (TPSA) is 30.7 Å². The van der Waals surface area contributed by atoms with Gasteiger partial charge in [0, 0.05) is 0 Å². The normalized spacial score (nSPS) is 31.9. The minimum atomic E-state index is 0.504. The lowest BCUT2D eigenvalue weighted by Gasteiger charge is -2.32. The Morgan fingerprint density at radius 3 is 2.47 bits per heavy atom. The van der Waals surface area contributed by atoms with Crippen molar-refractivity contribution in [3.8, 4) is 0 Å². The van der Waals surface area contributed by atoms with Crippen molar-refractivity contribution in [3.05, 3.63) is 9.47 Å². The molecule has 0 N–H and O–H groups in total. The van der Waals surface area contributed by atoms with Gasteiger partial charge in [0.15, 0.2) is 4.73 Å². The van der Waals surface area contributed by atoms with Crippen molar-refractivity contribution in [3.63, 3.8) is 0 Å². The molecular formula is C10H15Br2N3. The highest BCUT2D eigenvalue weighted by molar-refractivity contribution is 9.11. The van der Waals surface area contributed by atoms with Crippen LogP contribution in [0.15, 0.2) is 9.47 Å². The van der Waals surface area contributed by atoms with Crippen LogP contribution in [0.5, 0.6) is 0 Å². The lowest BCUT2D eigenvalue weighted by Crippen LogP contribution is -2.24. The van der Waals surface area contributed by atoms with E-state index < -0.39 is 0 Å². The fraction of sp³-hybridized carbons (Fsp3) is 0.800. The summed E-state index contributed by atoms with van der Waals surface area (Å²) in [7, 11) is 0. The van der Waals surface area contributed by atoms with Gasteiger partial charge in [-0.05, 0) is 63.0 Å². The maximum absolute atomic E-state index is 4.37. The molecule has 0 amide bonds. The molecule has 0 spiro atoms. The van der Waals surface area contributed by atoms with E-state index in [1.807, 2.05) is 4.68 Å². The second-order valence-corrected chi connectivity index (χ2v) is 5.93. The highest BCUT2D eigenvalue weighted by atomic mass is 79.9. The van der Waals surface area contributed by atoms with E-state index in [1.54, 1.807) is 0 Å². The molecule has 5 heteroatoms. The second kappa shape index (κ2) is 4.53. The second-order valence-electron chi connectivity index (χ2n) is 4.52. The first-order valence-electron chi connectivity index (χ1n) is 5.35. The maximum atomic E-state index is 4.37. The van der Waals surface area contributed by atoms with Gasteiger partial charge in [-0.3, -0.25) is 0 Å². The monoisotopic (exact) mass is 335 g/mol. The van der Waals surface area contributed by atoms with Crippen LogP contribution < -0.4 is 0 Å². The molecule has 0 aromatic carbocycles. The van der Waals surface area contributed by atoms with E-state index >= 15 is 0 Å². The average molecular weight is 337 g/mol. The van der Waals surface area contributed by atoms with Crippen LogP contribution in [0.1, 0.15) is 39.2 Å². The first-order chi connectivity index (χ1) is 7.08. The van der Waals surface area contributed by atoms with Gasteiger partial charge in [-0.15, -0.1) is 5.10 Å². The summed E-state index contributed by atoms with van der Waals surface area (Å²) in [4.78, 5) is 4.22. The van der Waals surface area contributed by atoms with E-state index in [4.69, 9.17) is 0 Å². The van der Waals surface area contributed by atoms with Crippen molar-refractivity contribution >= 4 is 31.9 Å². The van der Waals surface area contributed by atoms with Crippen molar-refractivity contribution in [2.45, 2.75) is 39.2 Å². The third-order valence-corrected chi connectivity index (χ3v) is 4.36. The zero-order valence-electron chi connectivity index (χ0n) is 8.95. The molecule has 1 heterocycles. The number of rotatable bonds is 1. The van der Waals surface area contributed by atoms with E-state index in [9.17, 15) is 0 Å². The van der Waals surface area contributed by atoms with Gasteiger partial charge in [-0.1, -0.05) is 13.8 Å². The number of hydrogen-bond acceptors (Lipinski definition) is 2. The summed E-state index contributed by atoms with van der Waals surface area (Å²) in [5.41, 5.74) is 0. The molecule has 2 rings (SSSR count). The zero-order chi connectivity index (χ0) is 11.0. The van der Waals surface area contributed by atoms with Gasteiger partial charge in [0.1, 0.15) is 0 Å². The number of halogens is 2. The van der Waals surface area contributed by atoms with Crippen LogP contribution in [-0.2, 0) is 0 Å². The summed E-state index contributed by atoms with van der Waals surface area (Å²) >= 11 is 6.75. The first-order valence-corrected chi connectivity index (χ1v) is 6.94. The Hall–Kier alpha value is 0.1000. The Kier molecular flexibility index (Phi) is 3.50. The van der Waals surface area contributed by atoms with Gasteiger partial charge >= 0.3 is 0 Å². The predicted octanol–water partition coefficient (Wildman–Crippen LogP) is 3.80. The van der Waals surface area contributed by atoms with E-state index in [-0.39, 0.29) is 0 Å². The molecule has 0 bridgehead atoms. The number of hydrogen-bond donors (Lipinski definition) is 0. The minimum Gasteiger partial charge on any atom is -0.236 e. The third-order valence-electron chi connectivity index (χ3n) is 3.48. The third kappa shape index (κ3) is 2.44. The standard InChI is InChI=1S/C10H15Br2N3/c1-6-3-4-8(5-7(6)2)15-10(12)13-9(11)14-15/h6-8H,3-5H2,1-2H3. The number of nitrogens with zero attached hydrogens (tertiary/aromatic N) is 3. The Bertz CT molecular complexity index is 350. The Morgan fingerprint density at radius 2 is 1.93 bits per heavy atom. The molecule has 15 heavy (non-hydrogen) atoms. The number of aromatic nitrogens is 3. The molecule has 1 aliphatic carbocycles. The fourth-order valence-corrected chi connectivity index (χ4v) is 3.37. The molecule has 1 aliphatic rings. The van der Waals surface area contributed by atoms with Gasteiger partial charge in [0.05, 0.1) is 6.04 Å². The van der Waals surface area contributed by atoms with Crippen LogP contribution in [0.3, 0.4) is 0 Å². The smallest absolute Gasteiger partial charge is 0.218 e. The Balaban J connectivity index is 2.15. The van der Waals surface area contributed by atoms with Crippen molar-refractivity contribution in [1.82, 2.24) is 14.8 Å². The van der Waals surface area contributed by atoms with Gasteiger partial charge in [0.2, 0.25) is 4.73 Å². The minimum absolute atomic E-state index is 0.504.